The molecule has 0 saturated carbocycles. The SMILES string of the molecule is O=C(NCCc1ccc(C(F)(F)F)cc1)C1CCN(c2ccccc2[N+](=O)[O-])CC1. The van der Waals surface area contributed by atoms with E-state index in [1.165, 1.54) is 18.2 Å². The van der Waals surface area contributed by atoms with Crippen molar-refractivity contribution in [3.63, 3.8) is 0 Å². The van der Waals surface area contributed by atoms with E-state index in [2.05, 4.69) is 5.32 Å². The molecular weight excluding hydrogens is 399 g/mol. The molecule has 160 valence electrons. The van der Waals surface area contributed by atoms with Gasteiger partial charge in [0.2, 0.25) is 5.91 Å². The molecule has 6 nitrogen and oxygen atoms in total. The van der Waals surface area contributed by atoms with Crippen LogP contribution in [0, 0.1) is 16.0 Å². The highest BCUT2D eigenvalue weighted by molar-refractivity contribution is 5.79. The van der Waals surface area contributed by atoms with E-state index in [-0.39, 0.29) is 17.5 Å². The molecule has 9 heteroatoms. The molecule has 1 saturated heterocycles. The van der Waals surface area contributed by atoms with Crippen LogP contribution < -0.4 is 10.2 Å². The van der Waals surface area contributed by atoms with Gasteiger partial charge in [-0.2, -0.15) is 13.2 Å². The van der Waals surface area contributed by atoms with Crippen LogP contribution in [0.5, 0.6) is 0 Å². The molecule has 3 rings (SSSR count). The first-order valence-corrected chi connectivity index (χ1v) is 9.68. The second-order valence-corrected chi connectivity index (χ2v) is 7.24. The van der Waals surface area contributed by atoms with Gasteiger partial charge in [0.1, 0.15) is 5.69 Å². The van der Waals surface area contributed by atoms with Crippen LogP contribution >= 0.6 is 0 Å². The van der Waals surface area contributed by atoms with Gasteiger partial charge < -0.3 is 10.2 Å². The van der Waals surface area contributed by atoms with E-state index in [0.717, 1.165) is 17.7 Å². The predicted octanol–water partition coefficient (Wildman–Crippen LogP) is 4.19. The monoisotopic (exact) mass is 421 g/mol. The summed E-state index contributed by atoms with van der Waals surface area (Å²) in [4.78, 5) is 25.1. The lowest BCUT2D eigenvalue weighted by molar-refractivity contribution is -0.384. The number of nitrogens with one attached hydrogen (secondary N) is 1. The molecule has 0 bridgehead atoms. The number of halogens is 3. The summed E-state index contributed by atoms with van der Waals surface area (Å²) in [5.41, 5.74) is 0.635. The zero-order valence-electron chi connectivity index (χ0n) is 16.2. The highest BCUT2D eigenvalue weighted by Gasteiger charge is 2.30. The molecule has 30 heavy (non-hydrogen) atoms. The third-order valence-corrected chi connectivity index (χ3v) is 5.28. The summed E-state index contributed by atoms with van der Waals surface area (Å²) in [7, 11) is 0. The fourth-order valence-electron chi connectivity index (χ4n) is 3.60. The molecule has 1 aliphatic rings. The number of anilines is 1. The first-order valence-electron chi connectivity index (χ1n) is 9.68. The van der Waals surface area contributed by atoms with E-state index in [4.69, 9.17) is 0 Å². The van der Waals surface area contributed by atoms with Gasteiger partial charge in [-0.1, -0.05) is 24.3 Å². The standard InChI is InChI=1S/C21H22F3N3O3/c22-21(23,24)17-7-5-15(6-8-17)9-12-25-20(28)16-10-13-26(14-11-16)18-3-1-2-4-19(18)27(29)30/h1-8,16H,9-14H2,(H,25,28). The number of rotatable bonds is 6. The highest BCUT2D eigenvalue weighted by Crippen LogP contribution is 2.31. The molecule has 0 atom stereocenters. The molecule has 2 aromatic carbocycles. The number of amides is 1. The van der Waals surface area contributed by atoms with E-state index in [0.29, 0.717) is 44.6 Å². The molecule has 1 fully saturated rings. The third kappa shape index (κ3) is 5.28. The zero-order valence-corrected chi connectivity index (χ0v) is 16.2. The Kier molecular flexibility index (Phi) is 6.59. The second-order valence-electron chi connectivity index (χ2n) is 7.24. The Balaban J connectivity index is 1.46. The number of nitro benzene ring substituents is 1. The number of hydrogen-bond acceptors (Lipinski definition) is 4. The smallest absolute Gasteiger partial charge is 0.366 e. The number of nitrogens with zero attached hydrogens (tertiary/aromatic N) is 2. The van der Waals surface area contributed by atoms with Crippen molar-refractivity contribution in [2.45, 2.75) is 25.4 Å². The Morgan fingerprint density at radius 1 is 1.10 bits per heavy atom. The first-order chi connectivity index (χ1) is 14.3. The van der Waals surface area contributed by atoms with Crippen LogP contribution in [0.15, 0.2) is 48.5 Å². The van der Waals surface area contributed by atoms with Crippen molar-refractivity contribution in [3.8, 4) is 0 Å². The summed E-state index contributed by atoms with van der Waals surface area (Å²) in [6.07, 6.45) is -2.75. The maximum absolute atomic E-state index is 12.6. The largest absolute Gasteiger partial charge is 0.416 e. The van der Waals surface area contributed by atoms with Gasteiger partial charge in [-0.05, 0) is 43.0 Å². The molecule has 0 aromatic heterocycles. The number of carbonyl (C=O) groups is 1. The van der Waals surface area contributed by atoms with Crippen LogP contribution in [0.4, 0.5) is 24.5 Å². The maximum Gasteiger partial charge on any atom is 0.416 e. The number of piperidine rings is 1. The van der Waals surface area contributed by atoms with Gasteiger partial charge >= 0.3 is 6.18 Å². The Bertz CT molecular complexity index is 892. The summed E-state index contributed by atoms with van der Waals surface area (Å²) in [6, 6.07) is 11.5. The van der Waals surface area contributed by atoms with Gasteiger partial charge in [0, 0.05) is 31.6 Å². The minimum Gasteiger partial charge on any atom is -0.366 e. The minimum absolute atomic E-state index is 0.0527. The molecule has 0 aliphatic carbocycles. The van der Waals surface area contributed by atoms with Gasteiger partial charge in [0.05, 0.1) is 10.5 Å². The number of benzene rings is 2. The van der Waals surface area contributed by atoms with E-state index in [1.807, 2.05) is 4.90 Å². The Morgan fingerprint density at radius 3 is 2.33 bits per heavy atom. The number of carbonyl (C=O) groups excluding carboxylic acids is 1. The Labute approximate surface area is 171 Å². The summed E-state index contributed by atoms with van der Waals surface area (Å²) < 4.78 is 37.8. The molecule has 1 heterocycles. The van der Waals surface area contributed by atoms with Crippen molar-refractivity contribution in [3.05, 3.63) is 69.8 Å². The van der Waals surface area contributed by atoms with Crippen molar-refractivity contribution in [1.29, 1.82) is 0 Å². The van der Waals surface area contributed by atoms with Crippen molar-refractivity contribution in [2.24, 2.45) is 5.92 Å². The average Bonchev–Trinajstić information content (AvgIpc) is 2.73. The molecular formula is C21H22F3N3O3. The van der Waals surface area contributed by atoms with Gasteiger partial charge in [-0.25, -0.2) is 0 Å². The van der Waals surface area contributed by atoms with Crippen LogP contribution in [0.1, 0.15) is 24.0 Å². The van der Waals surface area contributed by atoms with Crippen LogP contribution in [0.3, 0.4) is 0 Å². The summed E-state index contributed by atoms with van der Waals surface area (Å²) in [5.74, 6) is -0.277. The lowest BCUT2D eigenvalue weighted by Gasteiger charge is -2.32. The second kappa shape index (κ2) is 9.15. The summed E-state index contributed by atoms with van der Waals surface area (Å²) >= 11 is 0. The fourth-order valence-corrected chi connectivity index (χ4v) is 3.60. The van der Waals surface area contributed by atoms with Gasteiger partial charge in [-0.15, -0.1) is 0 Å². The van der Waals surface area contributed by atoms with Crippen molar-refractivity contribution in [2.75, 3.05) is 24.5 Å². The van der Waals surface area contributed by atoms with Crippen molar-refractivity contribution in [1.82, 2.24) is 5.32 Å². The maximum atomic E-state index is 12.6. The normalized spacial score (nSPS) is 15.1. The topological polar surface area (TPSA) is 75.5 Å². The molecule has 0 radical (unpaired) electrons. The minimum atomic E-state index is -4.36. The molecule has 0 spiro atoms. The highest BCUT2D eigenvalue weighted by atomic mass is 19.4. The van der Waals surface area contributed by atoms with Gasteiger partial charge in [0.15, 0.2) is 0 Å². The fraction of sp³-hybridized carbons (Fsp3) is 0.381. The van der Waals surface area contributed by atoms with Crippen LogP contribution in [0.2, 0.25) is 0 Å². The third-order valence-electron chi connectivity index (χ3n) is 5.28. The lowest BCUT2D eigenvalue weighted by Crippen LogP contribution is -2.41. The molecule has 1 amide bonds. The quantitative estimate of drug-likeness (QED) is 0.561. The Morgan fingerprint density at radius 2 is 1.73 bits per heavy atom. The first kappa shape index (κ1) is 21.6. The molecule has 0 unspecified atom stereocenters. The van der Waals surface area contributed by atoms with Gasteiger partial charge in [0.25, 0.3) is 5.69 Å². The van der Waals surface area contributed by atoms with E-state index in [1.54, 1.807) is 18.2 Å². The molecule has 2 aromatic rings. The molecule has 1 N–H and O–H groups in total. The van der Waals surface area contributed by atoms with E-state index < -0.39 is 16.7 Å². The van der Waals surface area contributed by atoms with E-state index in [9.17, 15) is 28.1 Å². The number of alkyl halides is 3. The Hall–Kier alpha value is -3.10. The zero-order chi connectivity index (χ0) is 21.7. The summed E-state index contributed by atoms with van der Waals surface area (Å²) in [6.45, 7) is 1.43. The van der Waals surface area contributed by atoms with Crippen molar-refractivity contribution >= 4 is 17.3 Å². The predicted molar refractivity (Wildman–Crippen MR) is 106 cm³/mol. The number of para-hydroxylation sites is 2. The number of nitro groups is 1. The van der Waals surface area contributed by atoms with Crippen LogP contribution in [-0.4, -0.2) is 30.5 Å². The van der Waals surface area contributed by atoms with Crippen LogP contribution in [0.25, 0.3) is 0 Å². The molecule has 1 aliphatic heterocycles. The summed E-state index contributed by atoms with van der Waals surface area (Å²) in [5, 5.41) is 14.0. The van der Waals surface area contributed by atoms with Crippen molar-refractivity contribution < 1.29 is 22.9 Å². The number of hydrogen-bond donors (Lipinski definition) is 1. The van der Waals surface area contributed by atoms with Crippen LogP contribution in [-0.2, 0) is 17.4 Å². The average molecular weight is 421 g/mol. The van der Waals surface area contributed by atoms with Gasteiger partial charge in [-0.3, -0.25) is 14.9 Å². The lowest BCUT2D eigenvalue weighted by atomic mass is 9.95. The van der Waals surface area contributed by atoms with E-state index >= 15 is 0 Å².